The van der Waals surface area contributed by atoms with Gasteiger partial charge in [0.05, 0.1) is 5.92 Å². The number of amides is 2. The predicted octanol–water partition coefficient (Wildman–Crippen LogP) is 1.58. The van der Waals surface area contributed by atoms with E-state index in [1.54, 1.807) is 0 Å². The molecule has 1 saturated carbocycles. The van der Waals surface area contributed by atoms with Gasteiger partial charge in [-0.05, 0) is 49.8 Å². The van der Waals surface area contributed by atoms with E-state index in [-0.39, 0.29) is 23.7 Å². The minimum Gasteiger partial charge on any atom is -0.399 e. The first kappa shape index (κ1) is 15.8. The molecule has 3 N–H and O–H groups in total. The maximum Gasteiger partial charge on any atom is 0.225 e. The molecule has 124 valence electrons. The van der Waals surface area contributed by atoms with E-state index < -0.39 is 0 Å². The van der Waals surface area contributed by atoms with Gasteiger partial charge in [0.2, 0.25) is 11.8 Å². The van der Waals surface area contributed by atoms with Crippen molar-refractivity contribution >= 4 is 17.5 Å². The van der Waals surface area contributed by atoms with Crippen molar-refractivity contribution in [3.8, 4) is 0 Å². The van der Waals surface area contributed by atoms with E-state index in [2.05, 4.69) is 5.32 Å². The van der Waals surface area contributed by atoms with E-state index in [9.17, 15) is 9.59 Å². The van der Waals surface area contributed by atoms with Crippen molar-refractivity contribution in [3.63, 3.8) is 0 Å². The molecule has 0 bridgehead atoms. The summed E-state index contributed by atoms with van der Waals surface area (Å²) in [5.74, 6) is 0.512. The molecule has 1 atom stereocenters. The largest absolute Gasteiger partial charge is 0.399 e. The summed E-state index contributed by atoms with van der Waals surface area (Å²) in [6, 6.07) is 7.72. The lowest BCUT2D eigenvalue weighted by atomic mass is 9.96. The third-order valence-corrected chi connectivity index (χ3v) is 4.72. The molecule has 2 fully saturated rings. The Labute approximate surface area is 137 Å². The van der Waals surface area contributed by atoms with Gasteiger partial charge < -0.3 is 16.0 Å². The number of carbonyl (C=O) groups is 2. The smallest absolute Gasteiger partial charge is 0.225 e. The molecule has 5 heteroatoms. The summed E-state index contributed by atoms with van der Waals surface area (Å²) in [5.41, 5.74) is 7.57. The van der Waals surface area contributed by atoms with Gasteiger partial charge in [0.1, 0.15) is 0 Å². The Hall–Kier alpha value is -2.04. The highest BCUT2D eigenvalue weighted by atomic mass is 16.2. The van der Waals surface area contributed by atoms with Crippen molar-refractivity contribution in [2.45, 2.75) is 32.1 Å². The van der Waals surface area contributed by atoms with Crippen LogP contribution < -0.4 is 11.1 Å². The van der Waals surface area contributed by atoms with Crippen LogP contribution in [-0.4, -0.2) is 36.3 Å². The summed E-state index contributed by atoms with van der Waals surface area (Å²) < 4.78 is 0. The summed E-state index contributed by atoms with van der Waals surface area (Å²) in [6.07, 6.45) is 4.64. The van der Waals surface area contributed by atoms with Gasteiger partial charge in [-0.1, -0.05) is 12.1 Å². The van der Waals surface area contributed by atoms with E-state index in [0.717, 1.165) is 49.9 Å². The fourth-order valence-corrected chi connectivity index (χ4v) is 3.14. The first-order valence-corrected chi connectivity index (χ1v) is 8.54. The molecule has 1 saturated heterocycles. The number of hydrogen-bond acceptors (Lipinski definition) is 3. The van der Waals surface area contributed by atoms with Gasteiger partial charge in [-0.2, -0.15) is 0 Å². The summed E-state index contributed by atoms with van der Waals surface area (Å²) in [6.45, 7) is 2.02. The highest BCUT2D eigenvalue weighted by Crippen LogP contribution is 2.32. The maximum absolute atomic E-state index is 12.3. The van der Waals surface area contributed by atoms with Gasteiger partial charge in [-0.3, -0.25) is 9.59 Å². The molecule has 1 aromatic carbocycles. The molecular weight excluding hydrogens is 290 g/mol. The quantitative estimate of drug-likeness (QED) is 0.810. The normalized spacial score (nSPS) is 21.0. The first-order chi connectivity index (χ1) is 11.1. The van der Waals surface area contributed by atoms with Crippen LogP contribution in [0, 0.1) is 11.8 Å². The van der Waals surface area contributed by atoms with Crippen LogP contribution in [-0.2, 0) is 16.0 Å². The van der Waals surface area contributed by atoms with Crippen molar-refractivity contribution in [1.29, 1.82) is 0 Å². The molecule has 1 unspecified atom stereocenters. The monoisotopic (exact) mass is 315 g/mol. The van der Waals surface area contributed by atoms with Gasteiger partial charge >= 0.3 is 0 Å². The average molecular weight is 315 g/mol. The zero-order valence-corrected chi connectivity index (χ0v) is 13.5. The minimum atomic E-state index is -0.0575. The van der Waals surface area contributed by atoms with E-state index in [0.29, 0.717) is 13.1 Å². The van der Waals surface area contributed by atoms with Crippen LogP contribution in [0.4, 0.5) is 5.69 Å². The molecule has 5 nitrogen and oxygen atoms in total. The molecule has 23 heavy (non-hydrogen) atoms. The second kappa shape index (κ2) is 7.02. The van der Waals surface area contributed by atoms with Crippen molar-refractivity contribution < 1.29 is 9.59 Å². The van der Waals surface area contributed by atoms with E-state index >= 15 is 0 Å². The van der Waals surface area contributed by atoms with Crippen LogP contribution >= 0.6 is 0 Å². The molecule has 1 aliphatic heterocycles. The van der Waals surface area contributed by atoms with Gasteiger partial charge in [-0.15, -0.1) is 0 Å². The standard InChI is InChI=1S/C18H25N3O2/c19-16-7-3-13(4-8-16)9-10-20-17(22)15-2-1-11-21(12-15)18(23)14-5-6-14/h3-4,7-8,14-15H,1-2,5-6,9-12,19H2,(H,20,22). The topological polar surface area (TPSA) is 75.4 Å². The Morgan fingerprint density at radius 2 is 1.87 bits per heavy atom. The molecule has 0 spiro atoms. The molecule has 0 aromatic heterocycles. The van der Waals surface area contributed by atoms with E-state index in [1.807, 2.05) is 29.2 Å². The summed E-state index contributed by atoms with van der Waals surface area (Å²) in [5, 5.41) is 3.01. The Kier molecular flexibility index (Phi) is 4.84. The van der Waals surface area contributed by atoms with Crippen molar-refractivity contribution in [2.75, 3.05) is 25.4 Å². The van der Waals surface area contributed by atoms with Crippen molar-refractivity contribution in [2.24, 2.45) is 11.8 Å². The van der Waals surface area contributed by atoms with Crippen LogP contribution in [0.15, 0.2) is 24.3 Å². The second-order valence-electron chi connectivity index (χ2n) is 6.68. The third-order valence-electron chi connectivity index (χ3n) is 4.72. The van der Waals surface area contributed by atoms with Crippen molar-refractivity contribution in [1.82, 2.24) is 10.2 Å². The Bertz CT molecular complexity index is 566. The van der Waals surface area contributed by atoms with Gasteiger partial charge in [0, 0.05) is 31.2 Å². The molecule has 0 radical (unpaired) electrons. The van der Waals surface area contributed by atoms with Gasteiger partial charge in [-0.25, -0.2) is 0 Å². The molecular formula is C18H25N3O2. The lowest BCUT2D eigenvalue weighted by Crippen LogP contribution is -2.46. The molecule has 1 heterocycles. The number of piperidine rings is 1. The molecule has 1 aromatic rings. The number of nitrogens with zero attached hydrogens (tertiary/aromatic N) is 1. The SMILES string of the molecule is Nc1ccc(CCNC(=O)C2CCCN(C(=O)C3CC3)C2)cc1. The Morgan fingerprint density at radius 3 is 2.57 bits per heavy atom. The molecule has 3 rings (SSSR count). The Morgan fingerprint density at radius 1 is 1.13 bits per heavy atom. The molecule has 2 aliphatic rings. The lowest BCUT2D eigenvalue weighted by Gasteiger charge is -2.32. The number of benzene rings is 1. The zero-order valence-electron chi connectivity index (χ0n) is 13.5. The number of rotatable bonds is 5. The fraction of sp³-hybridized carbons (Fsp3) is 0.556. The number of nitrogens with one attached hydrogen (secondary N) is 1. The van der Waals surface area contributed by atoms with Crippen LogP contribution in [0.2, 0.25) is 0 Å². The van der Waals surface area contributed by atoms with Crippen LogP contribution in [0.3, 0.4) is 0 Å². The highest BCUT2D eigenvalue weighted by Gasteiger charge is 2.36. The van der Waals surface area contributed by atoms with E-state index in [1.165, 1.54) is 0 Å². The molecule has 1 aliphatic carbocycles. The summed E-state index contributed by atoms with van der Waals surface area (Å²) in [7, 11) is 0. The zero-order chi connectivity index (χ0) is 16.2. The number of anilines is 1. The summed E-state index contributed by atoms with van der Waals surface area (Å²) in [4.78, 5) is 26.4. The summed E-state index contributed by atoms with van der Waals surface area (Å²) >= 11 is 0. The number of nitrogens with two attached hydrogens (primary N) is 1. The van der Waals surface area contributed by atoms with Gasteiger partial charge in [0.25, 0.3) is 0 Å². The third kappa shape index (κ3) is 4.24. The van der Waals surface area contributed by atoms with Crippen LogP contribution in [0.1, 0.15) is 31.2 Å². The van der Waals surface area contributed by atoms with Crippen LogP contribution in [0.25, 0.3) is 0 Å². The van der Waals surface area contributed by atoms with E-state index in [4.69, 9.17) is 5.73 Å². The van der Waals surface area contributed by atoms with Gasteiger partial charge in [0.15, 0.2) is 0 Å². The number of likely N-dealkylation sites (tertiary alicyclic amines) is 1. The highest BCUT2D eigenvalue weighted by molar-refractivity contribution is 5.83. The molecule has 2 amide bonds. The number of carbonyl (C=O) groups excluding carboxylic acids is 2. The van der Waals surface area contributed by atoms with Crippen molar-refractivity contribution in [3.05, 3.63) is 29.8 Å². The number of nitrogen functional groups attached to an aromatic ring is 1. The Balaban J connectivity index is 1.43. The first-order valence-electron chi connectivity index (χ1n) is 8.54. The average Bonchev–Trinajstić information content (AvgIpc) is 3.41. The fourth-order valence-electron chi connectivity index (χ4n) is 3.14. The maximum atomic E-state index is 12.3. The predicted molar refractivity (Wildman–Crippen MR) is 89.6 cm³/mol. The lowest BCUT2D eigenvalue weighted by molar-refractivity contribution is -0.136. The minimum absolute atomic E-state index is 0.0575. The second-order valence-corrected chi connectivity index (χ2v) is 6.68. The number of hydrogen-bond donors (Lipinski definition) is 2. The van der Waals surface area contributed by atoms with Crippen LogP contribution in [0.5, 0.6) is 0 Å².